The summed E-state index contributed by atoms with van der Waals surface area (Å²) < 4.78 is 22.7. The second-order valence-electron chi connectivity index (χ2n) is 7.38. The molecule has 1 aromatic carbocycles. The van der Waals surface area contributed by atoms with Crippen molar-refractivity contribution in [2.75, 3.05) is 19.8 Å². The Labute approximate surface area is 170 Å². The molecule has 0 amide bonds. The molecule has 0 radical (unpaired) electrons. The van der Waals surface area contributed by atoms with Gasteiger partial charge in [0.15, 0.2) is 0 Å². The maximum atomic E-state index is 6.01. The predicted molar refractivity (Wildman–Crippen MR) is 113 cm³/mol. The fourth-order valence-corrected chi connectivity index (χ4v) is 6.53. The smallest absolute Gasteiger partial charge is 0.370 e. The Hall–Kier alpha value is -1.47. The molecule has 6 heteroatoms. The highest BCUT2D eigenvalue weighted by Crippen LogP contribution is 2.27. The third kappa shape index (κ3) is 5.11. The first kappa shape index (κ1) is 21.2. The molecular weight excluding hydrogens is 368 g/mol. The molecule has 3 rings (SSSR count). The van der Waals surface area contributed by atoms with Crippen molar-refractivity contribution >= 4 is 14.0 Å². The Balaban J connectivity index is 1.70. The monoisotopic (exact) mass is 403 g/mol. The minimum Gasteiger partial charge on any atom is -0.370 e. The molecule has 0 saturated heterocycles. The first-order chi connectivity index (χ1) is 13.7. The van der Waals surface area contributed by atoms with Crippen molar-refractivity contribution in [1.82, 2.24) is 4.57 Å². The van der Waals surface area contributed by atoms with Crippen LogP contribution in [0.4, 0.5) is 0 Å². The minimum absolute atomic E-state index is 0.582. The first-order valence-electron chi connectivity index (χ1n) is 10.8. The summed E-state index contributed by atoms with van der Waals surface area (Å²) in [7, 11) is -2.82. The zero-order valence-corrected chi connectivity index (χ0v) is 18.6. The molecule has 1 heterocycles. The van der Waals surface area contributed by atoms with Crippen molar-refractivity contribution in [3.05, 3.63) is 48.5 Å². The lowest BCUT2D eigenvalue weighted by Gasteiger charge is -2.28. The second kappa shape index (κ2) is 10.3. The molecule has 2 aromatic rings. The molecule has 0 atom stereocenters. The van der Waals surface area contributed by atoms with Crippen LogP contribution in [0.3, 0.4) is 0 Å². The van der Waals surface area contributed by atoms with Crippen LogP contribution in [0.1, 0.15) is 64.5 Å². The van der Waals surface area contributed by atoms with Gasteiger partial charge in [0.25, 0.3) is 0 Å². The molecule has 1 aromatic heterocycles. The number of hydrogen-bond acceptors (Lipinski definition) is 3. The summed E-state index contributed by atoms with van der Waals surface area (Å²) in [5.74, 6) is 0. The molecule has 0 aliphatic heterocycles. The molecule has 1 aliphatic rings. The molecular formula is C22H35N2O3Si+. The van der Waals surface area contributed by atoms with Gasteiger partial charge in [-0.25, -0.2) is 9.13 Å². The predicted octanol–water partition coefficient (Wildman–Crippen LogP) is 3.58. The molecule has 0 bridgehead atoms. The summed E-state index contributed by atoms with van der Waals surface area (Å²) in [6.07, 6.45) is 13.4. The van der Waals surface area contributed by atoms with Crippen LogP contribution in [0.5, 0.6) is 0 Å². The SMILES string of the molecule is CCO[Si](OCC)(OCC)c1ccc(C[n+]2ccn(C3CCCCC3)c2)cc1. The van der Waals surface area contributed by atoms with E-state index in [1.807, 2.05) is 20.8 Å². The number of imidazole rings is 1. The van der Waals surface area contributed by atoms with Gasteiger partial charge in [0, 0.05) is 25.0 Å². The molecule has 5 nitrogen and oxygen atoms in total. The van der Waals surface area contributed by atoms with Crippen LogP contribution in [0, 0.1) is 0 Å². The van der Waals surface area contributed by atoms with Gasteiger partial charge in [-0.05, 0) is 52.0 Å². The summed E-state index contributed by atoms with van der Waals surface area (Å²) in [4.78, 5) is 0. The third-order valence-corrected chi connectivity index (χ3v) is 8.43. The van der Waals surface area contributed by atoms with Gasteiger partial charge in [-0.2, -0.15) is 0 Å². The molecule has 154 valence electrons. The highest BCUT2D eigenvalue weighted by molar-refractivity contribution is 6.75. The van der Waals surface area contributed by atoms with E-state index in [2.05, 4.69) is 52.1 Å². The van der Waals surface area contributed by atoms with E-state index in [9.17, 15) is 0 Å². The van der Waals surface area contributed by atoms with Crippen molar-refractivity contribution < 1.29 is 17.8 Å². The van der Waals surface area contributed by atoms with Crippen molar-refractivity contribution in [2.45, 2.75) is 65.5 Å². The molecule has 1 fully saturated rings. The quantitative estimate of drug-likeness (QED) is 0.449. The highest BCUT2D eigenvalue weighted by Gasteiger charge is 2.43. The Kier molecular flexibility index (Phi) is 7.85. The van der Waals surface area contributed by atoms with Crippen molar-refractivity contribution in [2.24, 2.45) is 0 Å². The van der Waals surface area contributed by atoms with Gasteiger partial charge in [-0.15, -0.1) is 0 Å². The summed E-state index contributed by atoms with van der Waals surface area (Å²) in [6, 6.07) is 9.23. The van der Waals surface area contributed by atoms with Crippen LogP contribution in [0.2, 0.25) is 0 Å². The summed E-state index contributed by atoms with van der Waals surface area (Å²) >= 11 is 0. The lowest BCUT2D eigenvalue weighted by molar-refractivity contribution is -0.688. The average Bonchev–Trinajstić information content (AvgIpc) is 3.18. The van der Waals surface area contributed by atoms with E-state index in [1.54, 1.807) is 0 Å². The molecule has 0 unspecified atom stereocenters. The Morgan fingerprint density at radius 1 is 0.929 bits per heavy atom. The third-order valence-electron chi connectivity index (χ3n) is 5.38. The molecule has 1 saturated carbocycles. The Morgan fingerprint density at radius 2 is 1.54 bits per heavy atom. The van der Waals surface area contributed by atoms with E-state index < -0.39 is 8.80 Å². The minimum atomic E-state index is -2.82. The van der Waals surface area contributed by atoms with Crippen LogP contribution in [0.15, 0.2) is 43.0 Å². The summed E-state index contributed by atoms with van der Waals surface area (Å²) in [5, 5.41) is 1.03. The second-order valence-corrected chi connectivity index (χ2v) is 9.93. The summed E-state index contributed by atoms with van der Waals surface area (Å²) in [6.45, 7) is 8.58. The number of benzene rings is 1. The van der Waals surface area contributed by atoms with Gasteiger partial charge in [0.2, 0.25) is 6.33 Å². The fourth-order valence-electron chi connectivity index (χ4n) is 4.07. The van der Waals surface area contributed by atoms with Crippen molar-refractivity contribution in [3.63, 3.8) is 0 Å². The van der Waals surface area contributed by atoms with Gasteiger partial charge in [0.05, 0.1) is 0 Å². The standard InChI is InChI=1S/C22H35N2O3Si/c1-4-25-28(26-5-2,27-6-3)22-14-12-20(13-15-22)18-23-16-17-24(19-23)21-10-8-7-9-11-21/h12-17,19,21H,4-11,18H2,1-3H3/q+1. The lowest BCUT2D eigenvalue weighted by atomic mass is 9.95. The van der Waals surface area contributed by atoms with E-state index in [0.717, 1.165) is 11.7 Å². The van der Waals surface area contributed by atoms with E-state index >= 15 is 0 Å². The van der Waals surface area contributed by atoms with E-state index in [0.29, 0.717) is 25.9 Å². The van der Waals surface area contributed by atoms with Crippen LogP contribution in [-0.2, 0) is 19.8 Å². The zero-order valence-electron chi connectivity index (χ0n) is 17.6. The number of aromatic nitrogens is 2. The van der Waals surface area contributed by atoms with Gasteiger partial charge in [0.1, 0.15) is 25.0 Å². The average molecular weight is 404 g/mol. The largest absolute Gasteiger partial charge is 0.537 e. The lowest BCUT2D eigenvalue weighted by Crippen LogP contribution is -2.56. The Bertz CT molecular complexity index is 694. The molecule has 0 spiro atoms. The fraction of sp³-hybridized carbons (Fsp3) is 0.591. The number of rotatable bonds is 10. The van der Waals surface area contributed by atoms with E-state index in [4.69, 9.17) is 13.3 Å². The molecule has 1 aliphatic carbocycles. The van der Waals surface area contributed by atoms with Crippen molar-refractivity contribution in [3.8, 4) is 0 Å². The maximum absolute atomic E-state index is 6.01. The highest BCUT2D eigenvalue weighted by atomic mass is 28.4. The molecule has 28 heavy (non-hydrogen) atoms. The maximum Gasteiger partial charge on any atom is 0.537 e. The van der Waals surface area contributed by atoms with Crippen molar-refractivity contribution in [1.29, 1.82) is 0 Å². The topological polar surface area (TPSA) is 36.5 Å². The zero-order chi connectivity index (χ0) is 19.8. The van der Waals surface area contributed by atoms with Crippen LogP contribution >= 0.6 is 0 Å². The van der Waals surface area contributed by atoms with Crippen LogP contribution < -0.4 is 9.75 Å². The summed E-state index contributed by atoms with van der Waals surface area (Å²) in [5.41, 5.74) is 1.27. The number of nitrogens with zero attached hydrogens (tertiary/aromatic N) is 2. The van der Waals surface area contributed by atoms with Gasteiger partial charge in [-0.1, -0.05) is 30.7 Å². The van der Waals surface area contributed by atoms with Gasteiger partial charge < -0.3 is 13.3 Å². The first-order valence-corrected chi connectivity index (χ1v) is 12.5. The van der Waals surface area contributed by atoms with E-state index in [1.165, 1.54) is 37.7 Å². The Morgan fingerprint density at radius 3 is 2.11 bits per heavy atom. The van der Waals surface area contributed by atoms with Gasteiger partial charge >= 0.3 is 8.80 Å². The van der Waals surface area contributed by atoms with Gasteiger partial charge in [-0.3, -0.25) is 0 Å². The molecule has 0 N–H and O–H groups in total. The number of hydrogen-bond donors (Lipinski definition) is 0. The van der Waals surface area contributed by atoms with Crippen LogP contribution in [0.25, 0.3) is 0 Å². The normalized spacial score (nSPS) is 15.8. The van der Waals surface area contributed by atoms with E-state index in [-0.39, 0.29) is 0 Å². The van der Waals surface area contributed by atoms with Crippen LogP contribution in [-0.4, -0.2) is 33.2 Å².